The molecule has 1 aliphatic rings. The minimum atomic E-state index is -0.725. The van der Waals surface area contributed by atoms with Crippen LogP contribution in [0.5, 0.6) is 0 Å². The first kappa shape index (κ1) is 13.5. The van der Waals surface area contributed by atoms with Gasteiger partial charge in [-0.1, -0.05) is 12.1 Å². The van der Waals surface area contributed by atoms with Gasteiger partial charge in [-0.15, -0.1) is 0 Å². The van der Waals surface area contributed by atoms with E-state index in [1.165, 1.54) is 0 Å². The van der Waals surface area contributed by atoms with Crippen LogP contribution in [0.25, 0.3) is 0 Å². The molecule has 1 aromatic carbocycles. The SMILES string of the molecule is Cc1cccc(NC(=O)NC(=O)C2COCCO2)c1. The Hall–Kier alpha value is -1.92. The Labute approximate surface area is 111 Å². The first-order valence-electron chi connectivity index (χ1n) is 6.03. The lowest BCUT2D eigenvalue weighted by Crippen LogP contribution is -2.46. The van der Waals surface area contributed by atoms with Crippen molar-refractivity contribution in [3.8, 4) is 0 Å². The van der Waals surface area contributed by atoms with Gasteiger partial charge >= 0.3 is 6.03 Å². The van der Waals surface area contributed by atoms with Crippen molar-refractivity contribution in [1.82, 2.24) is 5.32 Å². The van der Waals surface area contributed by atoms with Gasteiger partial charge in [-0.05, 0) is 24.6 Å². The monoisotopic (exact) mass is 264 g/mol. The van der Waals surface area contributed by atoms with E-state index in [1.807, 2.05) is 25.1 Å². The molecule has 3 amide bonds. The van der Waals surface area contributed by atoms with Crippen LogP contribution in [-0.2, 0) is 14.3 Å². The molecule has 0 aliphatic carbocycles. The summed E-state index contributed by atoms with van der Waals surface area (Å²) in [5.74, 6) is -0.496. The van der Waals surface area contributed by atoms with E-state index in [-0.39, 0.29) is 6.61 Å². The highest BCUT2D eigenvalue weighted by molar-refractivity contribution is 6.02. The third-order valence-electron chi connectivity index (χ3n) is 2.62. The molecule has 1 aromatic rings. The number of carbonyl (C=O) groups is 2. The van der Waals surface area contributed by atoms with E-state index < -0.39 is 18.0 Å². The van der Waals surface area contributed by atoms with Crippen LogP contribution in [0, 0.1) is 6.92 Å². The number of ether oxygens (including phenoxy) is 2. The van der Waals surface area contributed by atoms with E-state index in [2.05, 4.69) is 10.6 Å². The highest BCUT2D eigenvalue weighted by Crippen LogP contribution is 2.09. The molecule has 0 spiro atoms. The number of amides is 3. The van der Waals surface area contributed by atoms with Gasteiger partial charge in [-0.25, -0.2) is 4.79 Å². The normalized spacial score (nSPS) is 18.7. The number of hydrogen-bond donors (Lipinski definition) is 2. The van der Waals surface area contributed by atoms with Gasteiger partial charge in [0.15, 0.2) is 6.10 Å². The maximum Gasteiger partial charge on any atom is 0.325 e. The molecule has 2 rings (SSSR count). The summed E-state index contributed by atoms with van der Waals surface area (Å²) in [5.41, 5.74) is 1.65. The Morgan fingerprint density at radius 1 is 1.32 bits per heavy atom. The van der Waals surface area contributed by atoms with Crippen LogP contribution in [0.15, 0.2) is 24.3 Å². The van der Waals surface area contributed by atoms with Crippen LogP contribution in [0.1, 0.15) is 5.56 Å². The fourth-order valence-corrected chi connectivity index (χ4v) is 1.72. The van der Waals surface area contributed by atoms with Gasteiger partial charge in [0.2, 0.25) is 0 Å². The van der Waals surface area contributed by atoms with Crippen molar-refractivity contribution in [2.24, 2.45) is 0 Å². The third-order valence-corrected chi connectivity index (χ3v) is 2.62. The first-order chi connectivity index (χ1) is 9.15. The van der Waals surface area contributed by atoms with E-state index >= 15 is 0 Å². The van der Waals surface area contributed by atoms with Gasteiger partial charge in [0, 0.05) is 5.69 Å². The lowest BCUT2D eigenvalue weighted by molar-refractivity contribution is -0.146. The van der Waals surface area contributed by atoms with E-state index in [0.717, 1.165) is 5.56 Å². The smallest absolute Gasteiger partial charge is 0.325 e. The molecule has 1 unspecified atom stereocenters. The number of imide groups is 1. The fourth-order valence-electron chi connectivity index (χ4n) is 1.72. The Morgan fingerprint density at radius 3 is 2.84 bits per heavy atom. The second-order valence-electron chi connectivity index (χ2n) is 4.25. The van der Waals surface area contributed by atoms with Gasteiger partial charge in [0.1, 0.15) is 0 Å². The molecular weight excluding hydrogens is 248 g/mol. The number of anilines is 1. The van der Waals surface area contributed by atoms with E-state index in [1.54, 1.807) is 6.07 Å². The number of hydrogen-bond acceptors (Lipinski definition) is 4. The maximum absolute atomic E-state index is 11.7. The molecule has 19 heavy (non-hydrogen) atoms. The van der Waals surface area contributed by atoms with E-state index in [9.17, 15) is 9.59 Å². The van der Waals surface area contributed by atoms with Crippen molar-refractivity contribution in [3.05, 3.63) is 29.8 Å². The molecule has 0 radical (unpaired) electrons. The zero-order valence-electron chi connectivity index (χ0n) is 10.6. The Kier molecular flexibility index (Phi) is 4.48. The van der Waals surface area contributed by atoms with Gasteiger partial charge in [-0.2, -0.15) is 0 Å². The Balaban J connectivity index is 1.85. The third kappa shape index (κ3) is 4.04. The molecule has 6 nitrogen and oxygen atoms in total. The Morgan fingerprint density at radius 2 is 2.16 bits per heavy atom. The number of carbonyl (C=O) groups excluding carboxylic acids is 2. The average Bonchev–Trinajstić information content (AvgIpc) is 2.39. The van der Waals surface area contributed by atoms with Crippen LogP contribution in [0.2, 0.25) is 0 Å². The molecule has 102 valence electrons. The standard InChI is InChI=1S/C13H16N2O4/c1-9-3-2-4-10(7-9)14-13(17)15-12(16)11-8-18-5-6-19-11/h2-4,7,11H,5-6,8H2,1H3,(H2,14,15,16,17). The molecule has 0 aromatic heterocycles. The molecule has 6 heteroatoms. The molecular formula is C13H16N2O4. The molecule has 1 fully saturated rings. The second-order valence-corrected chi connectivity index (χ2v) is 4.25. The molecule has 1 atom stereocenters. The summed E-state index contributed by atoms with van der Waals surface area (Å²) in [6.45, 7) is 2.92. The molecule has 1 saturated heterocycles. The average molecular weight is 264 g/mol. The zero-order chi connectivity index (χ0) is 13.7. The summed E-state index contributed by atoms with van der Waals surface area (Å²) in [4.78, 5) is 23.3. The van der Waals surface area contributed by atoms with E-state index in [4.69, 9.17) is 9.47 Å². The summed E-state index contributed by atoms with van der Waals surface area (Å²) < 4.78 is 10.3. The molecule has 1 heterocycles. The van der Waals surface area contributed by atoms with Gasteiger partial charge in [-0.3, -0.25) is 10.1 Å². The van der Waals surface area contributed by atoms with Crippen LogP contribution in [0.3, 0.4) is 0 Å². The fraction of sp³-hybridized carbons (Fsp3) is 0.385. The predicted molar refractivity (Wildman–Crippen MR) is 68.9 cm³/mol. The number of rotatable bonds is 2. The number of urea groups is 1. The summed E-state index contributed by atoms with van der Waals surface area (Å²) in [7, 11) is 0. The number of aryl methyl sites for hydroxylation is 1. The van der Waals surface area contributed by atoms with Gasteiger partial charge < -0.3 is 14.8 Å². The largest absolute Gasteiger partial charge is 0.376 e. The number of nitrogens with one attached hydrogen (secondary N) is 2. The first-order valence-corrected chi connectivity index (χ1v) is 6.03. The summed E-state index contributed by atoms with van der Waals surface area (Å²) in [5, 5.41) is 4.81. The lowest BCUT2D eigenvalue weighted by Gasteiger charge is -2.21. The van der Waals surface area contributed by atoms with Crippen molar-refractivity contribution in [2.75, 3.05) is 25.1 Å². The summed E-state index contributed by atoms with van der Waals surface area (Å²) in [6, 6.07) is 6.72. The Bertz CT molecular complexity index is 469. The minimum Gasteiger partial charge on any atom is -0.376 e. The van der Waals surface area contributed by atoms with Crippen LogP contribution >= 0.6 is 0 Å². The van der Waals surface area contributed by atoms with Crippen molar-refractivity contribution in [3.63, 3.8) is 0 Å². The van der Waals surface area contributed by atoms with Crippen molar-refractivity contribution in [1.29, 1.82) is 0 Å². The topological polar surface area (TPSA) is 76.7 Å². The quantitative estimate of drug-likeness (QED) is 0.837. The lowest BCUT2D eigenvalue weighted by atomic mass is 10.2. The second kappa shape index (κ2) is 6.31. The maximum atomic E-state index is 11.7. The van der Waals surface area contributed by atoms with Crippen LogP contribution in [0.4, 0.5) is 10.5 Å². The van der Waals surface area contributed by atoms with Crippen molar-refractivity contribution in [2.45, 2.75) is 13.0 Å². The van der Waals surface area contributed by atoms with Gasteiger partial charge in [0.25, 0.3) is 5.91 Å². The highest BCUT2D eigenvalue weighted by atomic mass is 16.6. The molecule has 0 saturated carbocycles. The zero-order valence-corrected chi connectivity index (χ0v) is 10.6. The molecule has 1 aliphatic heterocycles. The van der Waals surface area contributed by atoms with Crippen molar-refractivity contribution >= 4 is 17.6 Å². The van der Waals surface area contributed by atoms with Crippen molar-refractivity contribution < 1.29 is 19.1 Å². The molecule has 0 bridgehead atoms. The van der Waals surface area contributed by atoms with Crippen LogP contribution in [-0.4, -0.2) is 37.9 Å². The summed E-state index contributed by atoms with van der Waals surface area (Å²) >= 11 is 0. The highest BCUT2D eigenvalue weighted by Gasteiger charge is 2.24. The van der Waals surface area contributed by atoms with Crippen LogP contribution < -0.4 is 10.6 Å². The molecule has 2 N–H and O–H groups in total. The summed E-state index contributed by atoms with van der Waals surface area (Å²) in [6.07, 6.45) is -0.725. The van der Waals surface area contributed by atoms with E-state index in [0.29, 0.717) is 18.9 Å². The van der Waals surface area contributed by atoms with Gasteiger partial charge in [0.05, 0.1) is 19.8 Å². The number of benzene rings is 1. The predicted octanol–water partition coefficient (Wildman–Crippen LogP) is 1.06. The minimum absolute atomic E-state index is 0.170.